The molecule has 0 atom stereocenters. The van der Waals surface area contributed by atoms with Crippen LogP contribution in [-0.2, 0) is 4.74 Å². The molecule has 5 nitrogen and oxygen atoms in total. The molecule has 1 heterocycles. The number of hydrogen-bond donors (Lipinski definition) is 1. The highest BCUT2D eigenvalue weighted by atomic mass is 16.5. The monoisotopic (exact) mass is 273 g/mol. The number of pyridine rings is 1. The number of nitrogens with zero attached hydrogens (tertiary/aromatic N) is 2. The maximum atomic E-state index is 12.4. The van der Waals surface area contributed by atoms with E-state index >= 15 is 0 Å². The summed E-state index contributed by atoms with van der Waals surface area (Å²) >= 11 is 0. The third-order valence-corrected chi connectivity index (χ3v) is 3.10. The Morgan fingerprint density at radius 1 is 1.55 bits per heavy atom. The van der Waals surface area contributed by atoms with Crippen molar-refractivity contribution in [3.05, 3.63) is 29.6 Å². The van der Waals surface area contributed by atoms with Crippen LogP contribution < -0.4 is 5.73 Å². The Kier molecular flexibility index (Phi) is 5.10. The first-order chi connectivity index (χ1) is 9.76. The molecule has 0 saturated heterocycles. The molecular weight excluding hydrogens is 254 g/mol. The van der Waals surface area contributed by atoms with Gasteiger partial charge in [-0.05, 0) is 25.0 Å². The van der Waals surface area contributed by atoms with Crippen LogP contribution in [-0.4, -0.2) is 48.6 Å². The first kappa shape index (κ1) is 14.5. The lowest BCUT2D eigenvalue weighted by Crippen LogP contribution is -2.36. The van der Waals surface area contributed by atoms with E-state index in [-0.39, 0.29) is 5.91 Å². The fraction of sp³-hybridized carbons (Fsp3) is 0.467. The predicted octanol–water partition coefficient (Wildman–Crippen LogP) is 0.643. The van der Waals surface area contributed by atoms with Gasteiger partial charge in [0.05, 0.1) is 13.2 Å². The standard InChI is InChI=1S/C15H19N3O2/c1-20-10-9-18(13-5-6-13)15(19)14-7-4-12(11-17-14)3-2-8-16/h4,7,11,13H,5-6,8-10,16H2,1H3. The van der Waals surface area contributed by atoms with E-state index in [0.29, 0.717) is 31.4 Å². The molecule has 0 aromatic carbocycles. The summed E-state index contributed by atoms with van der Waals surface area (Å²) in [7, 11) is 1.64. The van der Waals surface area contributed by atoms with Gasteiger partial charge in [-0.2, -0.15) is 0 Å². The van der Waals surface area contributed by atoms with Crippen LogP contribution >= 0.6 is 0 Å². The van der Waals surface area contributed by atoms with E-state index < -0.39 is 0 Å². The van der Waals surface area contributed by atoms with Gasteiger partial charge in [0.2, 0.25) is 0 Å². The quantitative estimate of drug-likeness (QED) is 0.800. The predicted molar refractivity (Wildman–Crippen MR) is 76.1 cm³/mol. The summed E-state index contributed by atoms with van der Waals surface area (Å²) in [5.74, 6) is 5.61. The van der Waals surface area contributed by atoms with Crippen molar-refractivity contribution in [2.75, 3.05) is 26.8 Å². The maximum absolute atomic E-state index is 12.4. The molecule has 106 valence electrons. The van der Waals surface area contributed by atoms with Crippen LogP contribution in [0.3, 0.4) is 0 Å². The minimum absolute atomic E-state index is 0.0390. The molecule has 20 heavy (non-hydrogen) atoms. The molecule has 1 aliphatic carbocycles. The second-order valence-electron chi connectivity index (χ2n) is 4.66. The van der Waals surface area contributed by atoms with Crippen molar-refractivity contribution in [3.8, 4) is 11.8 Å². The van der Waals surface area contributed by atoms with E-state index in [1.807, 2.05) is 4.90 Å². The molecule has 0 bridgehead atoms. The number of hydrogen-bond acceptors (Lipinski definition) is 4. The van der Waals surface area contributed by atoms with Gasteiger partial charge >= 0.3 is 0 Å². The van der Waals surface area contributed by atoms with Crippen LogP contribution in [0.15, 0.2) is 18.3 Å². The summed E-state index contributed by atoms with van der Waals surface area (Å²) in [4.78, 5) is 18.4. The van der Waals surface area contributed by atoms with Crippen molar-refractivity contribution in [1.82, 2.24) is 9.88 Å². The highest BCUT2D eigenvalue weighted by molar-refractivity contribution is 5.92. The molecule has 2 rings (SSSR count). The van der Waals surface area contributed by atoms with Crippen LogP contribution in [0.1, 0.15) is 28.9 Å². The average molecular weight is 273 g/mol. The van der Waals surface area contributed by atoms with Crippen molar-refractivity contribution in [2.45, 2.75) is 18.9 Å². The van der Waals surface area contributed by atoms with Crippen molar-refractivity contribution in [2.24, 2.45) is 5.73 Å². The molecule has 0 aliphatic heterocycles. The zero-order valence-electron chi connectivity index (χ0n) is 11.6. The molecule has 5 heteroatoms. The normalized spacial score (nSPS) is 13.5. The van der Waals surface area contributed by atoms with Crippen LogP contribution in [0.2, 0.25) is 0 Å². The zero-order valence-corrected chi connectivity index (χ0v) is 11.6. The lowest BCUT2D eigenvalue weighted by atomic mass is 10.2. The molecule has 0 radical (unpaired) electrons. The van der Waals surface area contributed by atoms with E-state index in [4.69, 9.17) is 10.5 Å². The zero-order chi connectivity index (χ0) is 14.4. The Morgan fingerprint density at radius 2 is 2.35 bits per heavy atom. The molecule has 1 saturated carbocycles. The molecule has 1 aromatic heterocycles. The Hall–Kier alpha value is -1.90. The first-order valence-electron chi connectivity index (χ1n) is 6.71. The van der Waals surface area contributed by atoms with Crippen molar-refractivity contribution >= 4 is 5.91 Å². The average Bonchev–Trinajstić information content (AvgIpc) is 3.30. The van der Waals surface area contributed by atoms with Crippen LogP contribution in [0.5, 0.6) is 0 Å². The molecule has 1 aliphatic rings. The molecule has 1 amide bonds. The number of carbonyl (C=O) groups is 1. The fourth-order valence-corrected chi connectivity index (χ4v) is 1.92. The molecule has 1 aromatic rings. The minimum Gasteiger partial charge on any atom is -0.383 e. The SMILES string of the molecule is COCCN(C(=O)c1ccc(C#CCN)cn1)C1CC1. The summed E-state index contributed by atoms with van der Waals surface area (Å²) < 4.78 is 5.06. The summed E-state index contributed by atoms with van der Waals surface area (Å²) in [6.45, 7) is 1.46. The third-order valence-electron chi connectivity index (χ3n) is 3.10. The highest BCUT2D eigenvalue weighted by Gasteiger charge is 2.33. The number of amides is 1. The number of aromatic nitrogens is 1. The molecular formula is C15H19N3O2. The largest absolute Gasteiger partial charge is 0.383 e. The second-order valence-corrected chi connectivity index (χ2v) is 4.66. The number of methoxy groups -OCH3 is 1. The third kappa shape index (κ3) is 3.80. The first-order valence-corrected chi connectivity index (χ1v) is 6.71. The van der Waals surface area contributed by atoms with Gasteiger partial charge in [0.1, 0.15) is 5.69 Å². The van der Waals surface area contributed by atoms with Gasteiger partial charge in [-0.1, -0.05) is 11.8 Å². The van der Waals surface area contributed by atoms with E-state index in [0.717, 1.165) is 18.4 Å². The van der Waals surface area contributed by atoms with Crippen LogP contribution in [0, 0.1) is 11.8 Å². The Bertz CT molecular complexity index is 512. The van der Waals surface area contributed by atoms with E-state index in [1.54, 1.807) is 25.4 Å². The van der Waals surface area contributed by atoms with Crippen molar-refractivity contribution in [1.29, 1.82) is 0 Å². The minimum atomic E-state index is -0.0390. The summed E-state index contributed by atoms with van der Waals surface area (Å²) in [5, 5.41) is 0. The summed E-state index contributed by atoms with van der Waals surface area (Å²) in [5.41, 5.74) is 6.53. The summed E-state index contributed by atoms with van der Waals surface area (Å²) in [6.07, 6.45) is 3.74. The van der Waals surface area contributed by atoms with Gasteiger partial charge in [0, 0.05) is 31.5 Å². The molecule has 1 fully saturated rings. The van der Waals surface area contributed by atoms with Gasteiger partial charge in [-0.3, -0.25) is 4.79 Å². The van der Waals surface area contributed by atoms with Gasteiger partial charge in [0.15, 0.2) is 0 Å². The molecule has 0 unspecified atom stereocenters. The van der Waals surface area contributed by atoms with Gasteiger partial charge < -0.3 is 15.4 Å². The number of ether oxygens (including phenoxy) is 1. The highest BCUT2D eigenvalue weighted by Crippen LogP contribution is 2.27. The van der Waals surface area contributed by atoms with Crippen molar-refractivity contribution < 1.29 is 9.53 Å². The van der Waals surface area contributed by atoms with Crippen LogP contribution in [0.4, 0.5) is 0 Å². The van der Waals surface area contributed by atoms with Gasteiger partial charge in [-0.25, -0.2) is 4.98 Å². The lowest BCUT2D eigenvalue weighted by molar-refractivity contribution is 0.0674. The number of rotatable bonds is 5. The Balaban J connectivity index is 2.06. The molecule has 0 spiro atoms. The number of carbonyl (C=O) groups excluding carboxylic acids is 1. The maximum Gasteiger partial charge on any atom is 0.272 e. The van der Waals surface area contributed by atoms with Gasteiger partial charge in [-0.15, -0.1) is 0 Å². The van der Waals surface area contributed by atoms with E-state index in [2.05, 4.69) is 16.8 Å². The van der Waals surface area contributed by atoms with Crippen molar-refractivity contribution in [3.63, 3.8) is 0 Å². The Labute approximate surface area is 119 Å². The lowest BCUT2D eigenvalue weighted by Gasteiger charge is -2.21. The van der Waals surface area contributed by atoms with Gasteiger partial charge in [0.25, 0.3) is 5.91 Å². The fourth-order valence-electron chi connectivity index (χ4n) is 1.92. The number of nitrogens with two attached hydrogens (primary N) is 1. The van der Waals surface area contributed by atoms with E-state index in [9.17, 15) is 4.79 Å². The topological polar surface area (TPSA) is 68.5 Å². The molecule has 2 N–H and O–H groups in total. The summed E-state index contributed by atoms with van der Waals surface area (Å²) in [6, 6.07) is 3.85. The van der Waals surface area contributed by atoms with Crippen LogP contribution in [0.25, 0.3) is 0 Å². The Morgan fingerprint density at radius 3 is 2.90 bits per heavy atom. The smallest absolute Gasteiger partial charge is 0.272 e. The second kappa shape index (κ2) is 7.04. The van der Waals surface area contributed by atoms with E-state index in [1.165, 1.54) is 0 Å².